The molecule has 35 heavy (non-hydrogen) atoms. The van der Waals surface area contributed by atoms with Crippen molar-refractivity contribution in [2.45, 2.75) is 0 Å². The van der Waals surface area contributed by atoms with Gasteiger partial charge in [0.25, 0.3) is 5.91 Å². The highest BCUT2D eigenvalue weighted by Gasteiger charge is 2.23. The fourth-order valence-electron chi connectivity index (χ4n) is 3.66. The molecule has 4 aromatic rings. The summed E-state index contributed by atoms with van der Waals surface area (Å²) in [5, 5.41) is 3.35. The Kier molecular flexibility index (Phi) is 6.84. The molecule has 0 saturated carbocycles. The summed E-state index contributed by atoms with van der Waals surface area (Å²) in [5.74, 6) is 1.11. The monoisotopic (exact) mass is 495 g/mol. The fraction of sp³-hybridized carbons (Fsp3) is 0.154. The number of methoxy groups -OCH3 is 4. The van der Waals surface area contributed by atoms with Gasteiger partial charge in [0.1, 0.15) is 11.3 Å². The van der Waals surface area contributed by atoms with Gasteiger partial charge in [-0.25, -0.2) is 0 Å². The maximum atomic E-state index is 13.7. The highest BCUT2D eigenvalue weighted by molar-refractivity contribution is 6.31. The summed E-state index contributed by atoms with van der Waals surface area (Å²) in [6.07, 6.45) is 0. The molecule has 3 aromatic carbocycles. The van der Waals surface area contributed by atoms with E-state index in [1.54, 1.807) is 48.5 Å². The Labute approximate surface area is 205 Å². The molecule has 0 saturated heterocycles. The zero-order chi connectivity index (χ0) is 25.1. The molecule has 0 atom stereocenters. The van der Waals surface area contributed by atoms with Crippen LogP contribution in [0.3, 0.4) is 0 Å². The van der Waals surface area contributed by atoms with Gasteiger partial charge in [-0.05, 0) is 60.2 Å². The standard InChI is InChI=1S/C26H22ClNO7/c1-31-17-8-5-14(6-9-17)25(30)28-26-22(23(29)18-13-16(27)7-10-19(18)35-26)15-11-20(32-2)24(34-4)21(12-15)33-3/h5-13H,1-4H3,(H,28,30). The highest BCUT2D eigenvalue weighted by atomic mass is 35.5. The van der Waals surface area contributed by atoms with Crippen molar-refractivity contribution in [1.29, 1.82) is 0 Å². The number of carbonyl (C=O) groups is 1. The van der Waals surface area contributed by atoms with Gasteiger partial charge in [-0.15, -0.1) is 0 Å². The molecule has 1 aromatic heterocycles. The number of nitrogens with one attached hydrogen (secondary N) is 1. The lowest BCUT2D eigenvalue weighted by Crippen LogP contribution is -2.16. The van der Waals surface area contributed by atoms with Gasteiger partial charge in [0.2, 0.25) is 17.1 Å². The smallest absolute Gasteiger partial charge is 0.257 e. The van der Waals surface area contributed by atoms with E-state index < -0.39 is 11.3 Å². The Hall–Kier alpha value is -4.17. The van der Waals surface area contributed by atoms with Gasteiger partial charge < -0.3 is 23.4 Å². The van der Waals surface area contributed by atoms with E-state index in [1.165, 1.54) is 34.5 Å². The molecule has 0 spiro atoms. The Balaban J connectivity index is 1.93. The summed E-state index contributed by atoms with van der Waals surface area (Å²) in [6.45, 7) is 0. The topological polar surface area (TPSA) is 96.2 Å². The van der Waals surface area contributed by atoms with Gasteiger partial charge in [0, 0.05) is 10.6 Å². The molecule has 0 unspecified atom stereocenters. The van der Waals surface area contributed by atoms with E-state index >= 15 is 0 Å². The van der Waals surface area contributed by atoms with Crippen LogP contribution in [0.5, 0.6) is 23.0 Å². The number of anilines is 1. The number of rotatable bonds is 7. The molecule has 8 nitrogen and oxygen atoms in total. The van der Waals surface area contributed by atoms with Crippen LogP contribution in [0.15, 0.2) is 63.8 Å². The van der Waals surface area contributed by atoms with Gasteiger partial charge in [0.05, 0.1) is 39.4 Å². The van der Waals surface area contributed by atoms with E-state index in [0.29, 0.717) is 39.1 Å². The summed E-state index contributed by atoms with van der Waals surface area (Å²) in [7, 11) is 5.95. The summed E-state index contributed by atoms with van der Waals surface area (Å²) in [6, 6.07) is 14.4. The molecule has 0 radical (unpaired) electrons. The van der Waals surface area contributed by atoms with Gasteiger partial charge >= 0.3 is 0 Å². The third-order valence-electron chi connectivity index (χ3n) is 5.39. The second-order valence-electron chi connectivity index (χ2n) is 7.37. The van der Waals surface area contributed by atoms with Crippen LogP contribution in [0.25, 0.3) is 22.1 Å². The molecule has 4 rings (SSSR count). The highest BCUT2D eigenvalue weighted by Crippen LogP contribution is 2.42. The zero-order valence-electron chi connectivity index (χ0n) is 19.4. The molecule has 1 heterocycles. The Morgan fingerprint density at radius 1 is 0.857 bits per heavy atom. The second-order valence-corrected chi connectivity index (χ2v) is 7.81. The molecule has 9 heteroatoms. The summed E-state index contributed by atoms with van der Waals surface area (Å²) < 4.78 is 27.4. The van der Waals surface area contributed by atoms with Crippen molar-refractivity contribution in [3.05, 3.63) is 75.4 Å². The Bertz CT molecular complexity index is 1440. The van der Waals surface area contributed by atoms with Crippen LogP contribution in [-0.2, 0) is 0 Å². The van der Waals surface area contributed by atoms with Crippen molar-refractivity contribution in [2.24, 2.45) is 0 Å². The van der Waals surface area contributed by atoms with Crippen LogP contribution in [0.1, 0.15) is 10.4 Å². The first-order valence-corrected chi connectivity index (χ1v) is 10.8. The first kappa shape index (κ1) is 24.0. The average molecular weight is 496 g/mol. The lowest BCUT2D eigenvalue weighted by molar-refractivity contribution is 0.102. The van der Waals surface area contributed by atoms with Crippen LogP contribution in [0.4, 0.5) is 5.88 Å². The molecule has 180 valence electrons. The third-order valence-corrected chi connectivity index (χ3v) is 5.62. The van der Waals surface area contributed by atoms with Gasteiger partial charge in [-0.2, -0.15) is 0 Å². The number of amides is 1. The van der Waals surface area contributed by atoms with E-state index in [2.05, 4.69) is 5.32 Å². The summed E-state index contributed by atoms with van der Waals surface area (Å²) in [4.78, 5) is 26.7. The predicted octanol–water partition coefficient (Wildman–Crippen LogP) is 5.40. The number of benzene rings is 3. The summed E-state index contributed by atoms with van der Waals surface area (Å²) >= 11 is 6.14. The first-order chi connectivity index (χ1) is 16.9. The third kappa shape index (κ3) is 4.61. The van der Waals surface area contributed by atoms with Crippen molar-refractivity contribution in [1.82, 2.24) is 0 Å². The SMILES string of the molecule is COc1ccc(C(=O)Nc2oc3ccc(Cl)cc3c(=O)c2-c2cc(OC)c(OC)c(OC)c2)cc1. The van der Waals surface area contributed by atoms with Crippen LogP contribution in [0.2, 0.25) is 5.02 Å². The van der Waals surface area contributed by atoms with Crippen molar-refractivity contribution in [2.75, 3.05) is 33.8 Å². The molecule has 0 aliphatic heterocycles. The number of halogens is 1. The maximum absolute atomic E-state index is 13.7. The second kappa shape index (κ2) is 9.99. The molecular weight excluding hydrogens is 474 g/mol. The van der Waals surface area contributed by atoms with Crippen molar-refractivity contribution in [3.63, 3.8) is 0 Å². The zero-order valence-corrected chi connectivity index (χ0v) is 20.2. The Morgan fingerprint density at radius 3 is 2.09 bits per heavy atom. The quantitative estimate of drug-likeness (QED) is 0.366. The molecule has 0 aliphatic carbocycles. The fourth-order valence-corrected chi connectivity index (χ4v) is 3.83. The van der Waals surface area contributed by atoms with Crippen molar-refractivity contribution < 1.29 is 28.2 Å². The van der Waals surface area contributed by atoms with Crippen LogP contribution in [-0.4, -0.2) is 34.3 Å². The number of fused-ring (bicyclic) bond motifs is 1. The minimum atomic E-state index is -0.474. The lowest BCUT2D eigenvalue weighted by Gasteiger charge is -2.16. The van der Waals surface area contributed by atoms with Gasteiger partial charge in [0.15, 0.2) is 11.5 Å². The Morgan fingerprint density at radius 2 is 1.51 bits per heavy atom. The molecule has 0 fully saturated rings. The average Bonchev–Trinajstić information content (AvgIpc) is 2.88. The number of hydrogen-bond donors (Lipinski definition) is 1. The normalized spacial score (nSPS) is 10.7. The molecule has 1 N–H and O–H groups in total. The van der Waals surface area contributed by atoms with Crippen molar-refractivity contribution in [3.8, 4) is 34.1 Å². The molecule has 1 amide bonds. The maximum Gasteiger partial charge on any atom is 0.257 e. The van der Waals surface area contributed by atoms with Crippen LogP contribution in [0, 0.1) is 0 Å². The number of carbonyl (C=O) groups excluding carboxylic acids is 1. The number of ether oxygens (including phenoxy) is 4. The van der Waals surface area contributed by atoms with Crippen LogP contribution < -0.4 is 29.7 Å². The summed E-state index contributed by atoms with van der Waals surface area (Å²) in [5.41, 5.74) is 0.704. The van der Waals surface area contributed by atoms with Crippen LogP contribution >= 0.6 is 11.6 Å². The molecular formula is C26H22ClNO7. The molecule has 0 aliphatic rings. The first-order valence-electron chi connectivity index (χ1n) is 10.4. The van der Waals surface area contributed by atoms with Crippen molar-refractivity contribution >= 4 is 34.4 Å². The minimum absolute atomic E-state index is 0.0417. The van der Waals surface area contributed by atoms with Gasteiger partial charge in [-0.1, -0.05) is 11.6 Å². The van der Waals surface area contributed by atoms with E-state index in [1.807, 2.05) is 0 Å². The van der Waals surface area contributed by atoms with Gasteiger partial charge in [-0.3, -0.25) is 14.9 Å². The van der Waals surface area contributed by atoms with E-state index in [-0.39, 0.29) is 22.4 Å². The molecule has 0 bridgehead atoms. The van der Waals surface area contributed by atoms with E-state index in [4.69, 9.17) is 35.0 Å². The van der Waals surface area contributed by atoms with E-state index in [0.717, 1.165) is 0 Å². The van der Waals surface area contributed by atoms with E-state index in [9.17, 15) is 9.59 Å². The number of hydrogen-bond acceptors (Lipinski definition) is 7. The minimum Gasteiger partial charge on any atom is -0.497 e. The lowest BCUT2D eigenvalue weighted by atomic mass is 10.0. The largest absolute Gasteiger partial charge is 0.497 e. The predicted molar refractivity (Wildman–Crippen MR) is 134 cm³/mol.